The van der Waals surface area contributed by atoms with Crippen LogP contribution in [0, 0.1) is 5.82 Å². The first-order valence-corrected chi connectivity index (χ1v) is 6.86. The second-order valence-corrected chi connectivity index (χ2v) is 5.37. The van der Waals surface area contributed by atoms with Gasteiger partial charge in [0.2, 0.25) is 0 Å². The summed E-state index contributed by atoms with van der Waals surface area (Å²) in [4.78, 5) is 0. The van der Waals surface area contributed by atoms with Gasteiger partial charge in [-0.2, -0.15) is 0 Å². The Balaban J connectivity index is 1.93. The summed E-state index contributed by atoms with van der Waals surface area (Å²) in [5, 5.41) is 3.34. The highest BCUT2D eigenvalue weighted by molar-refractivity contribution is 5.36. The molecule has 3 rings (SSSR count). The number of aryl methyl sites for hydroxylation is 2. The number of rotatable bonds is 1. The highest BCUT2D eigenvalue weighted by Crippen LogP contribution is 2.32. The van der Waals surface area contributed by atoms with Crippen LogP contribution in [0.1, 0.15) is 48.3 Å². The van der Waals surface area contributed by atoms with Gasteiger partial charge in [-0.1, -0.05) is 6.07 Å². The third kappa shape index (κ3) is 2.23. The Kier molecular flexibility index (Phi) is 3.15. The van der Waals surface area contributed by atoms with Gasteiger partial charge >= 0.3 is 0 Å². The van der Waals surface area contributed by atoms with Crippen LogP contribution in [0.2, 0.25) is 0 Å². The number of hydrogen-bond donors (Lipinski definition) is 1. The predicted octanol–water partition coefficient (Wildman–Crippen LogP) is 3.17. The molecule has 1 nitrogen and oxygen atoms in total. The van der Waals surface area contributed by atoms with Crippen molar-refractivity contribution in [2.24, 2.45) is 0 Å². The Labute approximate surface area is 102 Å². The van der Waals surface area contributed by atoms with Gasteiger partial charge in [-0.25, -0.2) is 4.39 Å². The summed E-state index contributed by atoms with van der Waals surface area (Å²) in [5.74, 6) is 0.473. The number of piperidine rings is 1. The molecule has 0 bridgehead atoms. The van der Waals surface area contributed by atoms with Gasteiger partial charge in [0.25, 0.3) is 0 Å². The summed E-state index contributed by atoms with van der Waals surface area (Å²) in [6.45, 7) is 2.06. The minimum absolute atomic E-state index is 0.0394. The molecule has 1 fully saturated rings. The minimum atomic E-state index is 0.0394. The lowest BCUT2D eigenvalue weighted by molar-refractivity contribution is 0.444. The van der Waals surface area contributed by atoms with Crippen LogP contribution in [0.3, 0.4) is 0 Å². The van der Waals surface area contributed by atoms with Crippen molar-refractivity contribution in [3.8, 4) is 0 Å². The van der Waals surface area contributed by atoms with Gasteiger partial charge in [0.1, 0.15) is 5.82 Å². The van der Waals surface area contributed by atoms with Crippen molar-refractivity contribution in [2.75, 3.05) is 13.1 Å². The molecule has 0 spiro atoms. The summed E-state index contributed by atoms with van der Waals surface area (Å²) >= 11 is 0. The van der Waals surface area contributed by atoms with E-state index in [1.165, 1.54) is 24.0 Å². The predicted molar refractivity (Wildman–Crippen MR) is 67.9 cm³/mol. The van der Waals surface area contributed by atoms with E-state index in [0.29, 0.717) is 5.92 Å². The molecular weight excluding hydrogens is 213 g/mol. The average molecular weight is 233 g/mol. The molecule has 2 aliphatic rings. The topological polar surface area (TPSA) is 12.0 Å². The van der Waals surface area contributed by atoms with Crippen molar-refractivity contribution >= 4 is 0 Å². The lowest BCUT2D eigenvalue weighted by Gasteiger charge is -2.25. The lowest BCUT2D eigenvalue weighted by atomic mass is 9.84. The average Bonchev–Trinajstić information content (AvgIpc) is 2.39. The first-order valence-electron chi connectivity index (χ1n) is 6.86. The van der Waals surface area contributed by atoms with Crippen LogP contribution >= 0.6 is 0 Å². The molecule has 0 amide bonds. The first kappa shape index (κ1) is 11.2. The number of halogens is 1. The third-order valence-electron chi connectivity index (χ3n) is 4.24. The SMILES string of the molecule is Fc1cc2c(cc1C1CCNCC1)CCCC2. The number of benzene rings is 1. The van der Waals surface area contributed by atoms with Crippen molar-refractivity contribution in [1.82, 2.24) is 5.32 Å². The Morgan fingerprint density at radius 1 is 1.00 bits per heavy atom. The monoisotopic (exact) mass is 233 g/mol. The van der Waals surface area contributed by atoms with Gasteiger partial charge in [-0.3, -0.25) is 0 Å². The van der Waals surface area contributed by atoms with Gasteiger partial charge in [-0.05, 0) is 80.3 Å². The van der Waals surface area contributed by atoms with Gasteiger partial charge in [0, 0.05) is 0 Å². The second-order valence-electron chi connectivity index (χ2n) is 5.37. The van der Waals surface area contributed by atoms with Crippen molar-refractivity contribution in [3.63, 3.8) is 0 Å². The van der Waals surface area contributed by atoms with E-state index in [1.54, 1.807) is 0 Å². The Hall–Kier alpha value is -0.890. The van der Waals surface area contributed by atoms with Crippen LogP contribution in [0.15, 0.2) is 12.1 Å². The van der Waals surface area contributed by atoms with Crippen molar-refractivity contribution < 1.29 is 4.39 Å². The molecule has 17 heavy (non-hydrogen) atoms. The van der Waals surface area contributed by atoms with E-state index in [4.69, 9.17) is 0 Å². The van der Waals surface area contributed by atoms with E-state index in [0.717, 1.165) is 44.3 Å². The molecule has 0 aromatic heterocycles. The number of hydrogen-bond acceptors (Lipinski definition) is 1. The van der Waals surface area contributed by atoms with E-state index in [1.807, 2.05) is 6.07 Å². The number of fused-ring (bicyclic) bond motifs is 1. The molecule has 1 aliphatic carbocycles. The van der Waals surface area contributed by atoms with Gasteiger partial charge in [0.15, 0.2) is 0 Å². The Bertz CT molecular complexity index is 408. The molecule has 1 saturated heterocycles. The molecule has 1 aliphatic heterocycles. The van der Waals surface area contributed by atoms with Crippen molar-refractivity contribution in [2.45, 2.75) is 44.4 Å². The molecule has 1 aromatic carbocycles. The highest BCUT2D eigenvalue weighted by atomic mass is 19.1. The van der Waals surface area contributed by atoms with E-state index in [-0.39, 0.29) is 5.82 Å². The molecule has 0 saturated carbocycles. The van der Waals surface area contributed by atoms with E-state index in [2.05, 4.69) is 11.4 Å². The van der Waals surface area contributed by atoms with Gasteiger partial charge in [0.05, 0.1) is 0 Å². The van der Waals surface area contributed by atoms with Gasteiger partial charge < -0.3 is 5.32 Å². The molecule has 0 radical (unpaired) electrons. The van der Waals surface area contributed by atoms with Crippen LogP contribution in [0.5, 0.6) is 0 Å². The summed E-state index contributed by atoms with van der Waals surface area (Å²) in [5.41, 5.74) is 3.64. The Morgan fingerprint density at radius 3 is 2.35 bits per heavy atom. The molecule has 0 atom stereocenters. The molecule has 92 valence electrons. The molecule has 1 aromatic rings. The molecule has 1 N–H and O–H groups in total. The maximum Gasteiger partial charge on any atom is 0.126 e. The van der Waals surface area contributed by atoms with Crippen LogP contribution in [-0.2, 0) is 12.8 Å². The first-order chi connectivity index (χ1) is 8.34. The smallest absolute Gasteiger partial charge is 0.126 e. The zero-order chi connectivity index (χ0) is 11.7. The van der Waals surface area contributed by atoms with Crippen molar-refractivity contribution in [1.29, 1.82) is 0 Å². The molecular formula is C15H20FN. The Morgan fingerprint density at radius 2 is 1.65 bits per heavy atom. The summed E-state index contributed by atoms with van der Waals surface area (Å²) in [6, 6.07) is 3.98. The largest absolute Gasteiger partial charge is 0.317 e. The van der Waals surface area contributed by atoms with E-state index >= 15 is 0 Å². The van der Waals surface area contributed by atoms with Gasteiger partial charge in [-0.15, -0.1) is 0 Å². The summed E-state index contributed by atoms with van der Waals surface area (Å²) < 4.78 is 14.1. The van der Waals surface area contributed by atoms with E-state index in [9.17, 15) is 4.39 Å². The lowest BCUT2D eigenvalue weighted by Crippen LogP contribution is -2.27. The highest BCUT2D eigenvalue weighted by Gasteiger charge is 2.21. The number of nitrogens with one attached hydrogen (secondary N) is 1. The van der Waals surface area contributed by atoms with E-state index < -0.39 is 0 Å². The fraction of sp³-hybridized carbons (Fsp3) is 0.600. The van der Waals surface area contributed by atoms with Crippen LogP contribution in [0.25, 0.3) is 0 Å². The maximum absolute atomic E-state index is 14.1. The van der Waals surface area contributed by atoms with Crippen LogP contribution in [0.4, 0.5) is 4.39 Å². The fourth-order valence-electron chi connectivity index (χ4n) is 3.22. The summed E-state index contributed by atoms with van der Waals surface area (Å²) in [6.07, 6.45) is 6.86. The molecule has 0 unspecified atom stereocenters. The quantitative estimate of drug-likeness (QED) is 0.785. The summed E-state index contributed by atoms with van der Waals surface area (Å²) in [7, 11) is 0. The normalized spacial score (nSPS) is 21.2. The minimum Gasteiger partial charge on any atom is -0.317 e. The maximum atomic E-state index is 14.1. The standard InChI is InChI=1S/C15H20FN/c16-15-10-13-4-2-1-3-12(13)9-14(15)11-5-7-17-8-6-11/h9-11,17H,1-8H2. The second kappa shape index (κ2) is 4.77. The zero-order valence-electron chi connectivity index (χ0n) is 10.3. The fourth-order valence-corrected chi connectivity index (χ4v) is 3.22. The molecule has 1 heterocycles. The molecule has 2 heteroatoms. The van der Waals surface area contributed by atoms with Crippen LogP contribution < -0.4 is 5.32 Å². The van der Waals surface area contributed by atoms with Crippen molar-refractivity contribution in [3.05, 3.63) is 34.6 Å². The third-order valence-corrected chi connectivity index (χ3v) is 4.24. The zero-order valence-corrected chi connectivity index (χ0v) is 10.3. The van der Waals surface area contributed by atoms with Crippen LogP contribution in [-0.4, -0.2) is 13.1 Å².